The van der Waals surface area contributed by atoms with Gasteiger partial charge >= 0.3 is 6.09 Å². The molecule has 0 saturated carbocycles. The number of hydrogen-bond acceptors (Lipinski definition) is 4. The number of hydrazine groups is 1. The fourth-order valence-corrected chi connectivity index (χ4v) is 1.63. The zero-order valence-corrected chi connectivity index (χ0v) is 10.8. The lowest BCUT2D eigenvalue weighted by molar-refractivity contribution is 0.0912. The summed E-state index contributed by atoms with van der Waals surface area (Å²) in [5.74, 6) is -3.08. The monoisotopic (exact) mass is 290 g/mol. The molecule has 0 aliphatic rings. The van der Waals surface area contributed by atoms with E-state index in [-0.39, 0.29) is 12.2 Å². The number of thioether (sulfide) groups is 1. The maximum Gasteiger partial charge on any atom is 0.426 e. The van der Waals surface area contributed by atoms with Gasteiger partial charge < -0.3 is 4.74 Å². The highest BCUT2D eigenvalue weighted by atomic mass is 32.2. The molecule has 2 amide bonds. The number of benzene rings is 1. The minimum atomic E-state index is -2.51. The second kappa shape index (κ2) is 7.57. The summed E-state index contributed by atoms with van der Waals surface area (Å²) in [7, 11) is 0. The molecule has 19 heavy (non-hydrogen) atoms. The zero-order valence-electron chi connectivity index (χ0n) is 9.98. The first kappa shape index (κ1) is 15.2. The molecule has 5 nitrogen and oxygen atoms in total. The zero-order chi connectivity index (χ0) is 14.3. The number of carbonyl (C=O) groups excluding carboxylic acids is 2. The summed E-state index contributed by atoms with van der Waals surface area (Å²) in [6.07, 6.45) is -0.777. The van der Waals surface area contributed by atoms with Crippen LogP contribution in [0.1, 0.15) is 17.3 Å². The van der Waals surface area contributed by atoms with E-state index < -0.39 is 17.8 Å². The third-order valence-corrected chi connectivity index (χ3v) is 2.62. The van der Waals surface area contributed by atoms with Crippen LogP contribution in [0.4, 0.5) is 13.6 Å². The molecule has 1 aromatic rings. The number of amides is 2. The maximum absolute atomic E-state index is 12.1. The van der Waals surface area contributed by atoms with Crippen molar-refractivity contribution in [3.8, 4) is 0 Å². The molecule has 1 aromatic carbocycles. The molecular weight excluding hydrogens is 278 g/mol. The molecule has 104 valence electrons. The highest BCUT2D eigenvalue weighted by molar-refractivity contribution is 7.99. The summed E-state index contributed by atoms with van der Waals surface area (Å²) in [5.41, 5.74) is 4.40. The molecule has 0 radical (unpaired) electrons. The Kier molecular flexibility index (Phi) is 6.07. The fourth-order valence-electron chi connectivity index (χ4n) is 1.13. The third-order valence-electron chi connectivity index (χ3n) is 1.90. The molecule has 0 heterocycles. The van der Waals surface area contributed by atoms with Gasteiger partial charge in [0.25, 0.3) is 11.7 Å². The average Bonchev–Trinajstić information content (AvgIpc) is 2.36. The highest BCUT2D eigenvalue weighted by Gasteiger charge is 2.09. The van der Waals surface area contributed by atoms with Crippen LogP contribution in [0.25, 0.3) is 0 Å². The van der Waals surface area contributed by atoms with Crippen molar-refractivity contribution in [2.75, 3.05) is 6.61 Å². The van der Waals surface area contributed by atoms with E-state index in [1.165, 1.54) is 24.3 Å². The van der Waals surface area contributed by atoms with Gasteiger partial charge in [0.2, 0.25) is 0 Å². The van der Waals surface area contributed by atoms with Crippen LogP contribution in [0.15, 0.2) is 29.2 Å². The summed E-state index contributed by atoms with van der Waals surface area (Å²) in [4.78, 5) is 22.8. The van der Waals surface area contributed by atoms with Crippen LogP contribution in [0.3, 0.4) is 0 Å². The number of carbonyl (C=O) groups is 2. The predicted molar refractivity (Wildman–Crippen MR) is 65.9 cm³/mol. The Bertz CT molecular complexity index is 440. The van der Waals surface area contributed by atoms with Gasteiger partial charge in [0.15, 0.2) is 0 Å². The minimum absolute atomic E-state index is 0.182. The second-order valence-electron chi connectivity index (χ2n) is 3.20. The molecule has 0 atom stereocenters. The van der Waals surface area contributed by atoms with Gasteiger partial charge in [-0.15, -0.1) is 0 Å². The normalized spacial score (nSPS) is 10.1. The summed E-state index contributed by atoms with van der Waals surface area (Å²) in [6.45, 7) is 1.81. The smallest absolute Gasteiger partial charge is 0.426 e. The van der Waals surface area contributed by atoms with Crippen LogP contribution < -0.4 is 10.9 Å². The molecule has 1 rings (SSSR count). The lowest BCUT2D eigenvalue weighted by Gasteiger charge is -2.07. The van der Waals surface area contributed by atoms with E-state index in [9.17, 15) is 18.4 Å². The Morgan fingerprint density at radius 1 is 1.26 bits per heavy atom. The molecule has 0 aromatic heterocycles. The topological polar surface area (TPSA) is 67.4 Å². The minimum Gasteiger partial charge on any atom is -0.449 e. The van der Waals surface area contributed by atoms with Crippen molar-refractivity contribution in [2.24, 2.45) is 0 Å². The van der Waals surface area contributed by atoms with Crippen molar-refractivity contribution in [1.29, 1.82) is 0 Å². The SMILES string of the molecule is CCOC(=O)NNC(=O)c1ccc(SC(F)F)cc1. The van der Waals surface area contributed by atoms with Crippen LogP contribution in [0.2, 0.25) is 0 Å². The standard InChI is InChI=1S/C11H12F2N2O3S/c1-2-18-11(17)15-14-9(16)7-3-5-8(6-4-7)19-10(12)13/h3-6,10H,2H2,1H3,(H,14,16)(H,15,17). The maximum atomic E-state index is 12.1. The lowest BCUT2D eigenvalue weighted by Crippen LogP contribution is -2.41. The van der Waals surface area contributed by atoms with Crippen molar-refractivity contribution in [1.82, 2.24) is 10.9 Å². The Labute approximate surface area is 112 Å². The largest absolute Gasteiger partial charge is 0.449 e. The predicted octanol–water partition coefficient (Wildman–Crippen LogP) is 2.39. The number of halogens is 2. The van der Waals surface area contributed by atoms with Crippen molar-refractivity contribution in [2.45, 2.75) is 17.6 Å². The van der Waals surface area contributed by atoms with E-state index in [0.717, 1.165) is 0 Å². The first-order valence-electron chi connectivity index (χ1n) is 5.31. The van der Waals surface area contributed by atoms with Gasteiger partial charge in [0.05, 0.1) is 6.61 Å². The average molecular weight is 290 g/mol. The van der Waals surface area contributed by atoms with Crippen LogP contribution in [-0.2, 0) is 4.74 Å². The Morgan fingerprint density at radius 3 is 2.42 bits per heavy atom. The van der Waals surface area contributed by atoms with Crippen molar-refractivity contribution >= 4 is 23.8 Å². The second-order valence-corrected chi connectivity index (χ2v) is 4.27. The van der Waals surface area contributed by atoms with E-state index in [4.69, 9.17) is 0 Å². The summed E-state index contributed by atoms with van der Waals surface area (Å²) in [5, 5.41) is 0. The Hall–Kier alpha value is -1.83. The Balaban J connectivity index is 2.51. The molecule has 0 spiro atoms. The van der Waals surface area contributed by atoms with E-state index in [1.54, 1.807) is 6.92 Å². The van der Waals surface area contributed by atoms with Gasteiger partial charge in [-0.1, -0.05) is 11.8 Å². The van der Waals surface area contributed by atoms with E-state index >= 15 is 0 Å². The summed E-state index contributed by atoms with van der Waals surface area (Å²) in [6, 6.07) is 5.56. The molecule has 0 aliphatic heterocycles. The third kappa shape index (κ3) is 5.56. The molecular formula is C11H12F2N2O3S. The van der Waals surface area contributed by atoms with Crippen LogP contribution >= 0.6 is 11.8 Å². The molecule has 2 N–H and O–H groups in total. The van der Waals surface area contributed by atoms with Crippen LogP contribution in [0.5, 0.6) is 0 Å². The van der Waals surface area contributed by atoms with Crippen molar-refractivity contribution in [3.05, 3.63) is 29.8 Å². The quantitative estimate of drug-likeness (QED) is 0.660. The van der Waals surface area contributed by atoms with Crippen molar-refractivity contribution < 1.29 is 23.1 Å². The first-order chi connectivity index (χ1) is 9.02. The number of rotatable bonds is 4. The van der Waals surface area contributed by atoms with Crippen LogP contribution in [0, 0.1) is 0 Å². The fraction of sp³-hybridized carbons (Fsp3) is 0.273. The molecule has 0 unspecified atom stereocenters. The number of hydrogen-bond donors (Lipinski definition) is 2. The summed E-state index contributed by atoms with van der Waals surface area (Å²) >= 11 is 0.389. The van der Waals surface area contributed by atoms with E-state index in [2.05, 4.69) is 10.2 Å². The number of nitrogens with one attached hydrogen (secondary N) is 2. The van der Waals surface area contributed by atoms with Gasteiger partial charge in [0.1, 0.15) is 0 Å². The number of alkyl halides is 2. The van der Waals surface area contributed by atoms with Crippen LogP contribution in [-0.4, -0.2) is 24.4 Å². The lowest BCUT2D eigenvalue weighted by atomic mass is 10.2. The van der Waals surface area contributed by atoms with Gasteiger partial charge in [0, 0.05) is 10.5 Å². The highest BCUT2D eigenvalue weighted by Crippen LogP contribution is 2.24. The van der Waals surface area contributed by atoms with Gasteiger partial charge in [-0.3, -0.25) is 10.2 Å². The van der Waals surface area contributed by atoms with Gasteiger partial charge in [-0.05, 0) is 31.2 Å². The molecule has 8 heteroatoms. The van der Waals surface area contributed by atoms with E-state index in [0.29, 0.717) is 16.7 Å². The van der Waals surface area contributed by atoms with E-state index in [1.807, 2.05) is 5.43 Å². The van der Waals surface area contributed by atoms with Gasteiger partial charge in [-0.25, -0.2) is 10.2 Å². The molecule has 0 bridgehead atoms. The molecule has 0 aliphatic carbocycles. The Morgan fingerprint density at radius 2 is 1.89 bits per heavy atom. The number of ether oxygens (including phenoxy) is 1. The first-order valence-corrected chi connectivity index (χ1v) is 6.19. The molecule has 0 fully saturated rings. The van der Waals surface area contributed by atoms with Crippen molar-refractivity contribution in [3.63, 3.8) is 0 Å². The summed E-state index contributed by atoms with van der Waals surface area (Å²) < 4.78 is 28.7. The molecule has 0 saturated heterocycles. The van der Waals surface area contributed by atoms with Gasteiger partial charge in [-0.2, -0.15) is 8.78 Å².